The fourth-order valence-corrected chi connectivity index (χ4v) is 4.14. The molecule has 3 aromatic rings. The van der Waals surface area contributed by atoms with Crippen molar-refractivity contribution in [3.8, 4) is 11.5 Å². The van der Waals surface area contributed by atoms with Gasteiger partial charge in [0.15, 0.2) is 0 Å². The normalized spacial score (nSPS) is 14.4. The monoisotopic (exact) mass is 405 g/mol. The zero-order valence-corrected chi connectivity index (χ0v) is 18.1. The molecule has 0 fully saturated rings. The summed E-state index contributed by atoms with van der Waals surface area (Å²) < 4.78 is 7.27. The van der Waals surface area contributed by atoms with E-state index in [4.69, 9.17) is 4.74 Å². The van der Waals surface area contributed by atoms with Gasteiger partial charge in [-0.2, -0.15) is 0 Å². The van der Waals surface area contributed by atoms with Crippen LogP contribution in [0.5, 0.6) is 11.5 Å². The first kappa shape index (κ1) is 20.0. The van der Waals surface area contributed by atoms with Crippen LogP contribution in [0.3, 0.4) is 0 Å². The van der Waals surface area contributed by atoms with Crippen LogP contribution < -0.4 is 4.74 Å². The summed E-state index contributed by atoms with van der Waals surface area (Å²) in [6, 6.07) is 8.00. The summed E-state index contributed by atoms with van der Waals surface area (Å²) in [7, 11) is 7.00. The molecule has 1 amide bonds. The Kier molecular flexibility index (Phi) is 5.02. The van der Waals surface area contributed by atoms with Crippen LogP contribution >= 0.6 is 0 Å². The molecule has 1 heterocycles. The first-order valence-electron chi connectivity index (χ1n) is 10.1. The lowest BCUT2D eigenvalue weighted by molar-refractivity contribution is 0.0826. The zero-order chi connectivity index (χ0) is 21.6. The Bertz CT molecular complexity index is 1190. The molecule has 0 unspecified atom stereocenters. The third-order valence-corrected chi connectivity index (χ3v) is 6.00. The SMILES string of the molecule is COc1ccc2c(c1)C(=CCc1c(C(=O)N(C)C)cc3c(nc(C)n3C)c1O)CC2. The maximum atomic E-state index is 12.9. The molecule has 1 N–H and O–H groups in total. The van der Waals surface area contributed by atoms with Gasteiger partial charge in [0, 0.05) is 32.3 Å². The number of allylic oxidation sites excluding steroid dienone is 2. The molecule has 0 saturated heterocycles. The van der Waals surface area contributed by atoms with Gasteiger partial charge in [0.1, 0.15) is 22.8 Å². The van der Waals surface area contributed by atoms with E-state index in [1.165, 1.54) is 21.6 Å². The number of fused-ring (bicyclic) bond motifs is 2. The maximum absolute atomic E-state index is 12.9. The van der Waals surface area contributed by atoms with Gasteiger partial charge in [0.25, 0.3) is 5.91 Å². The average molecular weight is 405 g/mol. The van der Waals surface area contributed by atoms with Crippen LogP contribution in [-0.2, 0) is 19.9 Å². The van der Waals surface area contributed by atoms with E-state index in [1.54, 1.807) is 21.2 Å². The number of rotatable bonds is 4. The first-order valence-corrected chi connectivity index (χ1v) is 10.1. The minimum Gasteiger partial charge on any atom is -0.505 e. The number of hydrogen-bond donors (Lipinski definition) is 1. The van der Waals surface area contributed by atoms with Gasteiger partial charge in [-0.25, -0.2) is 4.98 Å². The Hall–Kier alpha value is -3.28. The number of amides is 1. The van der Waals surface area contributed by atoms with Crippen LogP contribution in [-0.4, -0.2) is 46.7 Å². The number of carbonyl (C=O) groups excluding carboxylic acids is 1. The second-order valence-corrected chi connectivity index (χ2v) is 7.99. The van der Waals surface area contributed by atoms with E-state index in [0.717, 1.165) is 29.9 Å². The zero-order valence-electron chi connectivity index (χ0n) is 18.1. The number of aromatic hydroxyl groups is 1. The summed E-state index contributed by atoms with van der Waals surface area (Å²) in [6.45, 7) is 1.89. The number of phenols is 1. The molecule has 0 spiro atoms. The largest absolute Gasteiger partial charge is 0.505 e. The standard InChI is InChI=1S/C24H27N3O3/c1-14-25-22-21(27(14)4)13-20(24(29)26(2)3)18(23(22)28)11-9-16-7-6-15-8-10-17(30-5)12-19(15)16/h8-10,12-13,28H,6-7,11H2,1-5H3. The number of benzene rings is 2. The molecule has 6 nitrogen and oxygen atoms in total. The molecule has 2 aromatic carbocycles. The van der Waals surface area contributed by atoms with Gasteiger partial charge >= 0.3 is 0 Å². The molecule has 0 saturated carbocycles. The number of imidazole rings is 1. The van der Waals surface area contributed by atoms with Crippen molar-refractivity contribution >= 4 is 22.5 Å². The highest BCUT2D eigenvalue weighted by atomic mass is 16.5. The first-order chi connectivity index (χ1) is 14.3. The Labute approximate surface area is 176 Å². The molecule has 1 aliphatic rings. The van der Waals surface area contributed by atoms with Crippen molar-refractivity contribution in [2.75, 3.05) is 21.2 Å². The van der Waals surface area contributed by atoms with E-state index < -0.39 is 0 Å². The molecule has 0 atom stereocenters. The van der Waals surface area contributed by atoms with Gasteiger partial charge in [-0.3, -0.25) is 4.79 Å². The molecule has 30 heavy (non-hydrogen) atoms. The van der Waals surface area contributed by atoms with Crippen LogP contribution in [0.1, 0.15) is 39.3 Å². The molecule has 1 aromatic heterocycles. The Morgan fingerprint density at radius 1 is 1.30 bits per heavy atom. The summed E-state index contributed by atoms with van der Waals surface area (Å²) in [4.78, 5) is 19.0. The summed E-state index contributed by atoms with van der Waals surface area (Å²) >= 11 is 0. The number of methoxy groups -OCH3 is 1. The third-order valence-electron chi connectivity index (χ3n) is 6.00. The van der Waals surface area contributed by atoms with Gasteiger partial charge < -0.3 is 19.3 Å². The van der Waals surface area contributed by atoms with E-state index in [-0.39, 0.29) is 11.7 Å². The van der Waals surface area contributed by atoms with Crippen LogP contribution in [0.25, 0.3) is 16.6 Å². The number of hydrogen-bond acceptors (Lipinski definition) is 4. The van der Waals surface area contributed by atoms with E-state index in [1.807, 2.05) is 30.7 Å². The Balaban J connectivity index is 1.82. The van der Waals surface area contributed by atoms with Crippen molar-refractivity contribution in [1.29, 1.82) is 0 Å². The molecule has 1 aliphatic carbocycles. The van der Waals surface area contributed by atoms with Crippen molar-refractivity contribution in [2.24, 2.45) is 7.05 Å². The molecule has 6 heteroatoms. The highest BCUT2D eigenvalue weighted by Gasteiger charge is 2.23. The molecule has 0 radical (unpaired) electrons. The lowest BCUT2D eigenvalue weighted by Gasteiger charge is -2.16. The molecular formula is C24H27N3O3. The molecular weight excluding hydrogens is 378 g/mol. The second-order valence-electron chi connectivity index (χ2n) is 7.99. The highest BCUT2D eigenvalue weighted by Crippen LogP contribution is 2.37. The van der Waals surface area contributed by atoms with Gasteiger partial charge in [-0.15, -0.1) is 0 Å². The van der Waals surface area contributed by atoms with Crippen molar-refractivity contribution in [1.82, 2.24) is 14.5 Å². The number of phenolic OH excluding ortho intramolecular Hbond substituents is 1. The van der Waals surface area contributed by atoms with Gasteiger partial charge in [0.2, 0.25) is 0 Å². The van der Waals surface area contributed by atoms with Crippen LogP contribution in [0, 0.1) is 6.92 Å². The topological polar surface area (TPSA) is 67.6 Å². The minimum absolute atomic E-state index is 0.0853. The number of aryl methyl sites for hydroxylation is 3. The van der Waals surface area contributed by atoms with E-state index >= 15 is 0 Å². The Morgan fingerprint density at radius 3 is 2.77 bits per heavy atom. The molecule has 0 aliphatic heterocycles. The van der Waals surface area contributed by atoms with Crippen molar-refractivity contribution in [3.05, 3.63) is 58.4 Å². The van der Waals surface area contributed by atoms with Crippen molar-refractivity contribution in [3.63, 3.8) is 0 Å². The van der Waals surface area contributed by atoms with Crippen molar-refractivity contribution in [2.45, 2.75) is 26.2 Å². The Morgan fingerprint density at radius 2 is 2.07 bits per heavy atom. The predicted octanol–water partition coefficient (Wildman–Crippen LogP) is 3.87. The third kappa shape index (κ3) is 3.22. The number of nitrogens with zero attached hydrogens (tertiary/aromatic N) is 3. The van der Waals surface area contributed by atoms with Gasteiger partial charge in [0.05, 0.1) is 12.6 Å². The fraction of sp³-hybridized carbons (Fsp3) is 0.333. The smallest absolute Gasteiger partial charge is 0.253 e. The summed E-state index contributed by atoms with van der Waals surface area (Å²) in [5, 5.41) is 11.1. The maximum Gasteiger partial charge on any atom is 0.253 e. The summed E-state index contributed by atoms with van der Waals surface area (Å²) in [5.74, 6) is 1.57. The van der Waals surface area contributed by atoms with E-state index in [0.29, 0.717) is 23.1 Å². The second kappa shape index (κ2) is 7.52. The average Bonchev–Trinajstić information content (AvgIpc) is 3.27. The van der Waals surface area contributed by atoms with E-state index in [9.17, 15) is 9.90 Å². The minimum atomic E-state index is -0.132. The van der Waals surface area contributed by atoms with Gasteiger partial charge in [-0.05, 0) is 61.1 Å². The lowest BCUT2D eigenvalue weighted by Crippen LogP contribution is -2.23. The molecule has 4 rings (SSSR count). The number of carbonyl (C=O) groups is 1. The van der Waals surface area contributed by atoms with Crippen LogP contribution in [0.4, 0.5) is 0 Å². The predicted molar refractivity (Wildman–Crippen MR) is 118 cm³/mol. The number of ether oxygens (including phenoxy) is 1. The molecule has 156 valence electrons. The summed E-state index contributed by atoms with van der Waals surface area (Å²) in [6.07, 6.45) is 4.50. The molecule has 0 bridgehead atoms. The lowest BCUT2D eigenvalue weighted by atomic mass is 9.98. The van der Waals surface area contributed by atoms with Gasteiger partial charge in [-0.1, -0.05) is 12.1 Å². The van der Waals surface area contributed by atoms with Crippen LogP contribution in [0.2, 0.25) is 0 Å². The highest BCUT2D eigenvalue weighted by molar-refractivity contribution is 6.01. The number of aromatic nitrogens is 2. The van der Waals surface area contributed by atoms with E-state index in [2.05, 4.69) is 23.2 Å². The van der Waals surface area contributed by atoms with Crippen molar-refractivity contribution < 1.29 is 14.6 Å². The fourth-order valence-electron chi connectivity index (χ4n) is 4.14. The summed E-state index contributed by atoms with van der Waals surface area (Å²) in [5.41, 5.74) is 6.10. The van der Waals surface area contributed by atoms with Crippen LogP contribution in [0.15, 0.2) is 30.3 Å². The quantitative estimate of drug-likeness (QED) is 0.716.